The van der Waals surface area contributed by atoms with Crippen molar-refractivity contribution in [2.75, 3.05) is 5.75 Å². The Morgan fingerprint density at radius 1 is 0.789 bits per heavy atom. The summed E-state index contributed by atoms with van der Waals surface area (Å²) < 4.78 is 42.4. The zero-order valence-corrected chi connectivity index (χ0v) is 33.2. The standard InChI is InChI=1S/C46H45N3O6S2/c1-32-13-23-41(24-14-32)57(52,53)49-42(27-33-8-3-2-4-9-33)45(51)48-29-35-10-7-11-39(26-35)36-19-21-38(22-20-36)46-54-40(31-56-44-12-5-6-25-47-44)28-43(55-46)37-17-15-34(30-50)16-18-37/h2-26,40,42-43,46,49-50H,27-31H2,1H3,(H,48,51)/t40-,42+,43+,46+/m0/s1. The van der Waals surface area contributed by atoms with Crippen LogP contribution in [0.4, 0.5) is 0 Å². The third-order valence-corrected chi connectivity index (χ3v) is 12.4. The summed E-state index contributed by atoms with van der Waals surface area (Å²) >= 11 is 1.66. The number of nitrogens with one attached hydrogen (secondary N) is 2. The lowest BCUT2D eigenvalue weighted by Gasteiger charge is -2.36. The van der Waals surface area contributed by atoms with Crippen molar-refractivity contribution in [2.45, 2.75) is 67.4 Å². The van der Waals surface area contributed by atoms with Crippen LogP contribution in [-0.4, -0.2) is 42.3 Å². The summed E-state index contributed by atoms with van der Waals surface area (Å²) in [5.74, 6) is 0.297. The van der Waals surface area contributed by atoms with Gasteiger partial charge in [0.15, 0.2) is 6.29 Å². The lowest BCUT2D eigenvalue weighted by atomic mass is 9.99. The van der Waals surface area contributed by atoms with E-state index in [4.69, 9.17) is 9.47 Å². The van der Waals surface area contributed by atoms with Gasteiger partial charge < -0.3 is 19.9 Å². The van der Waals surface area contributed by atoms with E-state index in [1.54, 1.807) is 42.2 Å². The minimum absolute atomic E-state index is 0.0150. The molecule has 7 rings (SSSR count). The highest BCUT2D eigenvalue weighted by atomic mass is 32.2. The minimum atomic E-state index is -3.96. The van der Waals surface area contributed by atoms with Crippen molar-refractivity contribution in [1.29, 1.82) is 0 Å². The molecule has 5 aromatic carbocycles. The van der Waals surface area contributed by atoms with Gasteiger partial charge in [-0.15, -0.1) is 11.8 Å². The van der Waals surface area contributed by atoms with Crippen LogP contribution in [0.5, 0.6) is 0 Å². The quantitative estimate of drug-likeness (QED) is 0.0891. The summed E-state index contributed by atoms with van der Waals surface area (Å²) in [4.78, 5) is 18.2. The molecule has 1 aliphatic heterocycles. The van der Waals surface area contributed by atoms with E-state index in [9.17, 15) is 18.3 Å². The number of benzene rings is 5. The van der Waals surface area contributed by atoms with E-state index >= 15 is 0 Å². The van der Waals surface area contributed by atoms with Crippen LogP contribution in [0.3, 0.4) is 0 Å². The molecule has 57 heavy (non-hydrogen) atoms. The highest BCUT2D eigenvalue weighted by molar-refractivity contribution is 7.99. The van der Waals surface area contributed by atoms with Crippen LogP contribution in [0, 0.1) is 6.92 Å². The average Bonchev–Trinajstić information content (AvgIpc) is 3.25. The van der Waals surface area contributed by atoms with Gasteiger partial charge in [0.2, 0.25) is 15.9 Å². The highest BCUT2D eigenvalue weighted by Crippen LogP contribution is 2.40. The van der Waals surface area contributed by atoms with Gasteiger partial charge in [0.25, 0.3) is 0 Å². The Labute approximate surface area is 338 Å². The first-order chi connectivity index (χ1) is 27.7. The normalized spacial score (nSPS) is 17.5. The lowest BCUT2D eigenvalue weighted by molar-refractivity contribution is -0.245. The van der Waals surface area contributed by atoms with Crippen molar-refractivity contribution >= 4 is 27.7 Å². The van der Waals surface area contributed by atoms with Gasteiger partial charge in [-0.3, -0.25) is 4.79 Å². The molecule has 1 saturated heterocycles. The van der Waals surface area contributed by atoms with Crippen molar-refractivity contribution < 1.29 is 27.8 Å². The average molecular weight is 800 g/mol. The number of carbonyl (C=O) groups excluding carboxylic acids is 1. The van der Waals surface area contributed by atoms with Gasteiger partial charge in [-0.1, -0.05) is 121 Å². The summed E-state index contributed by atoms with van der Waals surface area (Å²) in [7, 11) is -3.96. The maximum Gasteiger partial charge on any atom is 0.241 e. The predicted octanol–water partition coefficient (Wildman–Crippen LogP) is 8.09. The molecule has 4 atom stereocenters. The molecule has 1 amide bonds. The Kier molecular flexibility index (Phi) is 13.3. The number of rotatable bonds is 15. The Balaban J connectivity index is 1.03. The van der Waals surface area contributed by atoms with Crippen molar-refractivity contribution in [2.24, 2.45) is 0 Å². The Morgan fingerprint density at radius 3 is 2.23 bits per heavy atom. The van der Waals surface area contributed by atoms with Crippen LogP contribution < -0.4 is 10.0 Å². The SMILES string of the molecule is Cc1ccc(S(=O)(=O)N[C@H](Cc2ccccc2)C(=O)NCc2cccc(-c3ccc([C@@H]4O[C@H](CSc5ccccn5)C[C@H](c5ccc(CO)cc5)O4)cc3)c2)cc1. The van der Waals surface area contributed by atoms with E-state index in [0.29, 0.717) is 6.42 Å². The number of ether oxygens (including phenoxy) is 2. The molecule has 3 N–H and O–H groups in total. The number of aliphatic hydroxyl groups excluding tert-OH is 1. The largest absolute Gasteiger partial charge is 0.392 e. The molecule has 1 aromatic heterocycles. The first-order valence-electron chi connectivity index (χ1n) is 18.9. The fourth-order valence-corrected chi connectivity index (χ4v) is 8.73. The number of thioether (sulfide) groups is 1. The molecule has 9 nitrogen and oxygen atoms in total. The van der Waals surface area contributed by atoms with Gasteiger partial charge in [0, 0.05) is 30.5 Å². The van der Waals surface area contributed by atoms with Crippen molar-refractivity contribution in [3.8, 4) is 11.1 Å². The number of sulfonamides is 1. The molecule has 0 saturated carbocycles. The van der Waals surface area contributed by atoms with E-state index in [-0.39, 0.29) is 36.7 Å². The van der Waals surface area contributed by atoms with Gasteiger partial charge in [-0.2, -0.15) is 4.72 Å². The van der Waals surface area contributed by atoms with Crippen LogP contribution in [-0.2, 0) is 43.9 Å². The van der Waals surface area contributed by atoms with E-state index in [1.807, 2.05) is 128 Å². The molecule has 2 heterocycles. The van der Waals surface area contributed by atoms with E-state index in [1.165, 1.54) is 0 Å². The second kappa shape index (κ2) is 18.9. The summed E-state index contributed by atoms with van der Waals surface area (Å²) in [6.07, 6.45) is 1.80. The van der Waals surface area contributed by atoms with E-state index in [2.05, 4.69) is 15.0 Å². The molecule has 0 unspecified atom stereocenters. The monoisotopic (exact) mass is 799 g/mol. The molecule has 6 aromatic rings. The van der Waals surface area contributed by atoms with Gasteiger partial charge in [0.1, 0.15) is 6.04 Å². The highest BCUT2D eigenvalue weighted by Gasteiger charge is 2.32. The number of aromatic nitrogens is 1. The first-order valence-corrected chi connectivity index (χ1v) is 21.3. The second-order valence-electron chi connectivity index (χ2n) is 14.0. The summed E-state index contributed by atoms with van der Waals surface area (Å²) in [5, 5.41) is 13.5. The van der Waals surface area contributed by atoms with Crippen molar-refractivity contribution in [1.82, 2.24) is 15.0 Å². The molecular formula is C46H45N3O6S2. The van der Waals surface area contributed by atoms with Crippen molar-refractivity contribution in [3.05, 3.63) is 185 Å². The van der Waals surface area contributed by atoms with Gasteiger partial charge in [-0.05, 0) is 77.1 Å². The maximum atomic E-state index is 13.6. The smallest absolute Gasteiger partial charge is 0.241 e. The number of aryl methyl sites for hydroxylation is 1. The van der Waals surface area contributed by atoms with Crippen LogP contribution >= 0.6 is 11.8 Å². The zero-order valence-electron chi connectivity index (χ0n) is 31.5. The number of hydrogen-bond acceptors (Lipinski definition) is 8. The third kappa shape index (κ3) is 10.8. The molecule has 0 bridgehead atoms. The zero-order chi connectivity index (χ0) is 39.6. The van der Waals surface area contributed by atoms with Gasteiger partial charge in [0.05, 0.1) is 28.7 Å². The molecule has 11 heteroatoms. The summed E-state index contributed by atoms with van der Waals surface area (Å²) in [6, 6.07) is 44.6. The maximum absolute atomic E-state index is 13.6. The molecule has 1 aliphatic rings. The summed E-state index contributed by atoms with van der Waals surface area (Å²) in [6.45, 7) is 2.09. The second-order valence-corrected chi connectivity index (χ2v) is 16.8. The number of carbonyl (C=O) groups is 1. The van der Waals surface area contributed by atoms with Gasteiger partial charge >= 0.3 is 0 Å². The molecule has 292 valence electrons. The fraction of sp³-hybridized carbons (Fsp3) is 0.217. The number of amides is 1. The predicted molar refractivity (Wildman–Crippen MR) is 223 cm³/mol. The Hall–Kier alpha value is -5.14. The topological polar surface area (TPSA) is 127 Å². The van der Waals surface area contributed by atoms with E-state index in [0.717, 1.165) is 55.3 Å². The molecule has 0 aliphatic carbocycles. The fourth-order valence-electron chi connectivity index (χ4n) is 6.65. The van der Waals surface area contributed by atoms with Crippen molar-refractivity contribution in [3.63, 3.8) is 0 Å². The Morgan fingerprint density at radius 2 is 1.51 bits per heavy atom. The molecule has 0 radical (unpaired) electrons. The Bertz CT molecular complexity index is 2330. The van der Waals surface area contributed by atoms with Crippen LogP contribution in [0.2, 0.25) is 0 Å². The first kappa shape index (κ1) is 40.1. The number of nitrogens with zero attached hydrogens (tertiary/aromatic N) is 1. The third-order valence-electron chi connectivity index (χ3n) is 9.81. The number of pyridine rings is 1. The molecule has 1 fully saturated rings. The molecular weight excluding hydrogens is 755 g/mol. The molecule has 0 spiro atoms. The lowest BCUT2D eigenvalue weighted by Crippen LogP contribution is -2.47. The van der Waals surface area contributed by atoms with E-state index < -0.39 is 28.3 Å². The summed E-state index contributed by atoms with van der Waals surface area (Å²) in [5.41, 5.74) is 7.36. The minimum Gasteiger partial charge on any atom is -0.392 e. The van der Waals surface area contributed by atoms with Gasteiger partial charge in [-0.25, -0.2) is 13.4 Å². The van der Waals surface area contributed by atoms with Crippen LogP contribution in [0.1, 0.15) is 52.2 Å². The number of hydrogen-bond donors (Lipinski definition) is 3. The van der Waals surface area contributed by atoms with Crippen LogP contribution in [0.25, 0.3) is 11.1 Å². The van der Waals surface area contributed by atoms with Crippen LogP contribution in [0.15, 0.2) is 162 Å². The number of aliphatic hydroxyl groups is 1.